The van der Waals surface area contributed by atoms with Gasteiger partial charge in [-0.2, -0.15) is 5.26 Å². The lowest BCUT2D eigenvalue weighted by atomic mass is 10.1. The Morgan fingerprint density at radius 2 is 2.24 bits per heavy atom. The van der Waals surface area contributed by atoms with Crippen molar-refractivity contribution in [2.45, 2.75) is 13.3 Å². The lowest BCUT2D eigenvalue weighted by Crippen LogP contribution is -2.23. The number of carbonyl (C=O) groups is 1. The van der Waals surface area contributed by atoms with Crippen LogP contribution in [0.2, 0.25) is 0 Å². The number of para-hydroxylation sites is 1. The third-order valence-electron chi connectivity index (χ3n) is 2.02. The first-order valence-corrected chi connectivity index (χ1v) is 5.24. The van der Waals surface area contributed by atoms with Gasteiger partial charge in [0.2, 0.25) is 0 Å². The molecule has 0 saturated heterocycles. The van der Waals surface area contributed by atoms with Crippen LogP contribution in [0.5, 0.6) is 5.75 Å². The van der Waals surface area contributed by atoms with Crippen molar-refractivity contribution in [1.82, 2.24) is 0 Å². The molecule has 4 heteroatoms. The van der Waals surface area contributed by atoms with Crippen LogP contribution < -0.4 is 9.84 Å². The maximum atomic E-state index is 10.6. The van der Waals surface area contributed by atoms with Gasteiger partial charge in [0.15, 0.2) is 0 Å². The normalized spacial score (nSPS) is 10.7. The predicted octanol–water partition coefficient (Wildman–Crippen LogP) is 1.13. The fraction of sp³-hybridized carbons (Fsp3) is 0.231. The minimum Gasteiger partial charge on any atom is -0.544 e. The predicted molar refractivity (Wildman–Crippen MR) is 60.8 cm³/mol. The molecule has 0 aliphatic carbocycles. The number of hydrogen-bond donors (Lipinski definition) is 0. The first-order valence-electron chi connectivity index (χ1n) is 5.24. The van der Waals surface area contributed by atoms with Gasteiger partial charge in [0, 0.05) is 5.56 Å². The van der Waals surface area contributed by atoms with Crippen molar-refractivity contribution in [1.29, 1.82) is 5.26 Å². The van der Waals surface area contributed by atoms with E-state index in [-0.39, 0.29) is 0 Å². The highest BCUT2D eigenvalue weighted by atomic mass is 16.5. The van der Waals surface area contributed by atoms with Gasteiger partial charge in [-0.15, -0.1) is 0 Å². The first kappa shape index (κ1) is 12.8. The van der Waals surface area contributed by atoms with E-state index < -0.39 is 11.5 Å². The highest BCUT2D eigenvalue weighted by molar-refractivity contribution is 5.95. The molecule has 0 amide bonds. The molecule has 0 spiro atoms. The summed E-state index contributed by atoms with van der Waals surface area (Å²) in [6.45, 7) is 2.51. The largest absolute Gasteiger partial charge is 0.544 e. The number of aliphatic carboxylic acids is 1. The lowest BCUT2D eigenvalue weighted by Gasteiger charge is -2.08. The van der Waals surface area contributed by atoms with E-state index in [9.17, 15) is 9.90 Å². The van der Waals surface area contributed by atoms with Crippen molar-refractivity contribution in [2.75, 3.05) is 6.61 Å². The number of nitriles is 1. The molecule has 17 heavy (non-hydrogen) atoms. The van der Waals surface area contributed by atoms with Crippen molar-refractivity contribution >= 4 is 12.0 Å². The number of hydrogen-bond acceptors (Lipinski definition) is 4. The van der Waals surface area contributed by atoms with Crippen molar-refractivity contribution in [2.24, 2.45) is 0 Å². The van der Waals surface area contributed by atoms with Gasteiger partial charge in [0.05, 0.1) is 18.1 Å². The Balaban J connectivity index is 3.05. The maximum Gasteiger partial charge on any atom is 0.126 e. The van der Waals surface area contributed by atoms with Crippen LogP contribution >= 0.6 is 0 Å². The van der Waals surface area contributed by atoms with E-state index in [2.05, 4.69) is 0 Å². The number of rotatable bonds is 5. The van der Waals surface area contributed by atoms with Crippen LogP contribution in [0.1, 0.15) is 18.9 Å². The molecule has 0 atom stereocenters. The molecule has 1 aromatic rings. The molecule has 88 valence electrons. The second kappa shape index (κ2) is 6.33. The summed E-state index contributed by atoms with van der Waals surface area (Å²) < 4.78 is 5.44. The summed E-state index contributed by atoms with van der Waals surface area (Å²) >= 11 is 0. The second-order valence-electron chi connectivity index (χ2n) is 3.34. The number of nitrogens with zero attached hydrogens (tertiary/aromatic N) is 1. The Kier molecular flexibility index (Phi) is 4.77. The van der Waals surface area contributed by atoms with Crippen molar-refractivity contribution in [3.05, 3.63) is 35.4 Å². The monoisotopic (exact) mass is 230 g/mol. The molecule has 4 nitrogen and oxygen atoms in total. The average molecular weight is 230 g/mol. The summed E-state index contributed by atoms with van der Waals surface area (Å²) in [5.41, 5.74) is 0.138. The third kappa shape index (κ3) is 3.65. The van der Waals surface area contributed by atoms with Crippen LogP contribution in [0.15, 0.2) is 29.8 Å². The molecule has 1 rings (SSSR count). The molecule has 0 aliphatic rings. The van der Waals surface area contributed by atoms with Crippen LogP contribution in [0.4, 0.5) is 0 Å². The van der Waals surface area contributed by atoms with Gasteiger partial charge >= 0.3 is 0 Å². The molecular formula is C13H12NO3-. The molecule has 0 bridgehead atoms. The second-order valence-corrected chi connectivity index (χ2v) is 3.34. The molecular weight excluding hydrogens is 218 g/mol. The van der Waals surface area contributed by atoms with E-state index in [1.807, 2.05) is 6.92 Å². The summed E-state index contributed by atoms with van der Waals surface area (Å²) in [6.07, 6.45) is 2.10. The van der Waals surface area contributed by atoms with E-state index in [1.165, 1.54) is 6.08 Å². The molecule has 0 unspecified atom stereocenters. The zero-order valence-electron chi connectivity index (χ0n) is 9.47. The smallest absolute Gasteiger partial charge is 0.126 e. The van der Waals surface area contributed by atoms with Crippen LogP contribution in [0.25, 0.3) is 6.08 Å². The van der Waals surface area contributed by atoms with Crippen LogP contribution in [0.3, 0.4) is 0 Å². The van der Waals surface area contributed by atoms with E-state index in [1.54, 1.807) is 30.3 Å². The molecule has 0 N–H and O–H groups in total. The Morgan fingerprint density at radius 1 is 1.53 bits per heavy atom. The quantitative estimate of drug-likeness (QED) is 0.561. The Morgan fingerprint density at radius 3 is 2.82 bits per heavy atom. The van der Waals surface area contributed by atoms with Gasteiger partial charge in [-0.3, -0.25) is 0 Å². The van der Waals surface area contributed by atoms with E-state index in [4.69, 9.17) is 10.00 Å². The highest BCUT2D eigenvalue weighted by Gasteiger charge is 2.03. The molecule has 0 fully saturated rings. The number of carboxylic acid groups (broad SMARTS) is 1. The molecule has 0 aromatic heterocycles. The van der Waals surface area contributed by atoms with Gasteiger partial charge in [0.1, 0.15) is 11.8 Å². The fourth-order valence-electron chi connectivity index (χ4n) is 1.24. The Labute approximate surface area is 99.8 Å². The minimum absolute atomic E-state index is 0.419. The van der Waals surface area contributed by atoms with Crippen molar-refractivity contribution < 1.29 is 14.6 Å². The number of ether oxygens (including phenoxy) is 1. The lowest BCUT2D eigenvalue weighted by molar-refractivity contribution is -0.298. The molecule has 1 aromatic carbocycles. The Hall–Kier alpha value is -2.28. The van der Waals surface area contributed by atoms with Crippen LogP contribution in [-0.2, 0) is 4.79 Å². The van der Waals surface area contributed by atoms with Gasteiger partial charge in [-0.25, -0.2) is 0 Å². The van der Waals surface area contributed by atoms with Gasteiger partial charge in [0.25, 0.3) is 0 Å². The first-order chi connectivity index (χ1) is 8.19. The molecule has 0 saturated carbocycles. The zero-order chi connectivity index (χ0) is 12.7. The van der Waals surface area contributed by atoms with E-state index >= 15 is 0 Å². The Bertz CT molecular complexity index is 472. The molecule has 0 aliphatic heterocycles. The standard InChI is InChI=1S/C13H13NO3/c1-2-7-17-12-6-4-3-5-10(12)8-11(9-14)13(15)16/h3-6,8H,2,7H2,1H3,(H,15,16)/p-1/b11-8+. The fourth-order valence-corrected chi connectivity index (χ4v) is 1.24. The summed E-state index contributed by atoms with van der Waals surface area (Å²) in [5.74, 6) is -0.929. The van der Waals surface area contributed by atoms with Gasteiger partial charge in [-0.1, -0.05) is 25.1 Å². The van der Waals surface area contributed by atoms with E-state index in [0.717, 1.165) is 6.42 Å². The average Bonchev–Trinajstić information content (AvgIpc) is 2.34. The molecule has 0 radical (unpaired) electrons. The number of carbonyl (C=O) groups excluding carboxylic acids is 1. The summed E-state index contributed by atoms with van der Waals surface area (Å²) in [4.78, 5) is 10.6. The number of benzene rings is 1. The van der Waals surface area contributed by atoms with Crippen LogP contribution in [0, 0.1) is 11.3 Å². The highest BCUT2D eigenvalue weighted by Crippen LogP contribution is 2.20. The maximum absolute atomic E-state index is 10.6. The van der Waals surface area contributed by atoms with Crippen molar-refractivity contribution in [3.8, 4) is 11.8 Å². The topological polar surface area (TPSA) is 73.1 Å². The van der Waals surface area contributed by atoms with Crippen LogP contribution in [-0.4, -0.2) is 12.6 Å². The SMILES string of the molecule is CCCOc1ccccc1/C=C(\C#N)C(=O)[O-]. The molecule has 0 heterocycles. The van der Waals surface area contributed by atoms with Gasteiger partial charge < -0.3 is 14.6 Å². The summed E-state index contributed by atoms with van der Waals surface area (Å²) in [6, 6.07) is 8.52. The van der Waals surface area contributed by atoms with Gasteiger partial charge in [-0.05, 0) is 18.6 Å². The van der Waals surface area contributed by atoms with Crippen molar-refractivity contribution in [3.63, 3.8) is 0 Å². The summed E-state index contributed by atoms with van der Waals surface area (Å²) in [5, 5.41) is 19.3. The zero-order valence-corrected chi connectivity index (χ0v) is 9.47. The summed E-state index contributed by atoms with van der Waals surface area (Å²) in [7, 11) is 0. The third-order valence-corrected chi connectivity index (χ3v) is 2.02. The minimum atomic E-state index is -1.49. The number of carboxylic acids is 1. The van der Waals surface area contributed by atoms with E-state index in [0.29, 0.717) is 17.9 Å².